The molecule has 0 aliphatic carbocycles. The van der Waals surface area contributed by atoms with Crippen molar-refractivity contribution in [2.24, 2.45) is 5.92 Å². The molecule has 182 valence electrons. The Morgan fingerprint density at radius 1 is 1.09 bits per heavy atom. The number of carbonyl (C=O) groups is 1. The van der Waals surface area contributed by atoms with Crippen LogP contribution in [0.4, 0.5) is 18.9 Å². The standard InChI is InChI=1S/C20H17Cl2F3N4O4S/c1-12(2)18(30)29(34(32,33)20(23,24)25)14-8-6-13(7-9-14)10-27-11-26-28(19(27)31)17-15(21)4-3-5-16(17)22/h3-9,11-12H,10H2,1-2H3. The quantitative estimate of drug-likeness (QED) is 0.469. The first kappa shape index (κ1) is 25.8. The molecule has 1 aromatic heterocycles. The highest BCUT2D eigenvalue weighted by molar-refractivity contribution is 7.94. The molecule has 14 heteroatoms. The van der Waals surface area contributed by atoms with Gasteiger partial charge in [-0.3, -0.25) is 9.36 Å². The van der Waals surface area contributed by atoms with Crippen molar-refractivity contribution in [1.82, 2.24) is 14.3 Å². The molecule has 1 amide bonds. The van der Waals surface area contributed by atoms with Crippen molar-refractivity contribution in [2.75, 3.05) is 4.31 Å². The second kappa shape index (κ2) is 9.43. The highest BCUT2D eigenvalue weighted by Gasteiger charge is 2.52. The van der Waals surface area contributed by atoms with E-state index in [9.17, 15) is 31.2 Å². The van der Waals surface area contributed by atoms with Gasteiger partial charge in [-0.05, 0) is 29.8 Å². The van der Waals surface area contributed by atoms with E-state index in [0.717, 1.165) is 16.8 Å². The van der Waals surface area contributed by atoms with Crippen LogP contribution in [0.2, 0.25) is 10.0 Å². The number of alkyl halides is 3. The van der Waals surface area contributed by atoms with Crippen LogP contribution < -0.4 is 9.99 Å². The molecule has 0 bridgehead atoms. The summed E-state index contributed by atoms with van der Waals surface area (Å²) < 4.78 is 65.4. The largest absolute Gasteiger partial charge is 0.517 e. The van der Waals surface area contributed by atoms with Gasteiger partial charge < -0.3 is 0 Å². The van der Waals surface area contributed by atoms with Gasteiger partial charge in [0.15, 0.2) is 0 Å². The molecular weight excluding hydrogens is 520 g/mol. The number of benzene rings is 2. The zero-order valence-corrected chi connectivity index (χ0v) is 20.0. The fourth-order valence-electron chi connectivity index (χ4n) is 2.94. The third-order valence-corrected chi connectivity index (χ3v) is 6.70. The van der Waals surface area contributed by atoms with Crippen LogP contribution in [-0.2, 0) is 21.4 Å². The van der Waals surface area contributed by atoms with Crippen molar-refractivity contribution >= 4 is 44.8 Å². The van der Waals surface area contributed by atoms with E-state index in [4.69, 9.17) is 23.2 Å². The Morgan fingerprint density at radius 2 is 1.65 bits per heavy atom. The Morgan fingerprint density at radius 3 is 2.15 bits per heavy atom. The first-order valence-corrected chi connectivity index (χ1v) is 11.8. The van der Waals surface area contributed by atoms with Crippen molar-refractivity contribution < 1.29 is 26.4 Å². The normalized spacial score (nSPS) is 12.2. The third kappa shape index (κ3) is 4.84. The van der Waals surface area contributed by atoms with Gasteiger partial charge in [0, 0.05) is 5.92 Å². The topological polar surface area (TPSA) is 94.3 Å². The van der Waals surface area contributed by atoms with Gasteiger partial charge in [0.05, 0.1) is 22.3 Å². The summed E-state index contributed by atoms with van der Waals surface area (Å²) in [6.45, 7) is 2.52. The molecule has 34 heavy (non-hydrogen) atoms. The summed E-state index contributed by atoms with van der Waals surface area (Å²) >= 11 is 12.2. The summed E-state index contributed by atoms with van der Waals surface area (Å²) in [4.78, 5) is 25.1. The lowest BCUT2D eigenvalue weighted by Gasteiger charge is -2.25. The van der Waals surface area contributed by atoms with E-state index in [0.29, 0.717) is 5.56 Å². The molecule has 0 saturated heterocycles. The first-order valence-electron chi connectivity index (χ1n) is 9.59. The number of halogens is 5. The van der Waals surface area contributed by atoms with Gasteiger partial charge in [0.2, 0.25) is 5.91 Å². The van der Waals surface area contributed by atoms with Crippen molar-refractivity contribution in [1.29, 1.82) is 0 Å². The summed E-state index contributed by atoms with van der Waals surface area (Å²) in [7, 11) is -5.96. The molecule has 3 aromatic rings. The van der Waals surface area contributed by atoms with E-state index in [1.54, 1.807) is 6.07 Å². The van der Waals surface area contributed by atoms with Crippen molar-refractivity contribution in [3.05, 3.63) is 74.9 Å². The Hall–Kier alpha value is -2.83. The van der Waals surface area contributed by atoms with Crippen LogP contribution in [0.5, 0.6) is 0 Å². The molecule has 0 spiro atoms. The average molecular weight is 537 g/mol. The van der Waals surface area contributed by atoms with Gasteiger partial charge in [-0.15, -0.1) is 0 Å². The molecule has 0 aliphatic rings. The van der Waals surface area contributed by atoms with Crippen LogP contribution in [0.3, 0.4) is 0 Å². The maximum Gasteiger partial charge on any atom is 0.517 e. The SMILES string of the molecule is CC(C)C(=O)N(c1ccc(Cn2cnn(-c3c(Cl)cccc3Cl)c2=O)cc1)S(=O)(=O)C(F)(F)F. The van der Waals surface area contributed by atoms with E-state index in [1.807, 2.05) is 0 Å². The van der Waals surface area contributed by atoms with Crippen LogP contribution >= 0.6 is 23.2 Å². The lowest BCUT2D eigenvalue weighted by molar-refractivity contribution is -0.120. The molecule has 2 aromatic carbocycles. The molecule has 0 radical (unpaired) electrons. The minimum atomic E-state index is -5.96. The lowest BCUT2D eigenvalue weighted by atomic mass is 10.1. The Kier molecular flexibility index (Phi) is 7.15. The first-order chi connectivity index (χ1) is 15.8. The summed E-state index contributed by atoms with van der Waals surface area (Å²) in [5.74, 6) is -2.25. The second-order valence-electron chi connectivity index (χ2n) is 7.40. The highest BCUT2D eigenvalue weighted by Crippen LogP contribution is 2.32. The van der Waals surface area contributed by atoms with Gasteiger partial charge in [0.25, 0.3) is 0 Å². The zero-order valence-electron chi connectivity index (χ0n) is 17.6. The number of anilines is 1. The fourth-order valence-corrected chi connectivity index (χ4v) is 4.56. The molecule has 0 saturated carbocycles. The number of carbonyl (C=O) groups excluding carboxylic acids is 1. The van der Waals surface area contributed by atoms with Crippen molar-refractivity contribution in [2.45, 2.75) is 25.9 Å². The van der Waals surface area contributed by atoms with E-state index in [-0.39, 0.29) is 26.6 Å². The molecule has 8 nitrogen and oxygen atoms in total. The zero-order chi connectivity index (χ0) is 25.4. The van der Waals surface area contributed by atoms with Crippen LogP contribution in [0.15, 0.2) is 53.6 Å². The van der Waals surface area contributed by atoms with E-state index in [2.05, 4.69) is 5.10 Å². The number of hydrogen-bond acceptors (Lipinski definition) is 5. The number of para-hydroxylation sites is 1. The summed E-state index contributed by atoms with van der Waals surface area (Å²) in [5, 5.41) is 4.39. The monoisotopic (exact) mass is 536 g/mol. The predicted molar refractivity (Wildman–Crippen MR) is 121 cm³/mol. The molecule has 0 N–H and O–H groups in total. The molecule has 0 fully saturated rings. The Bertz CT molecular complexity index is 1360. The average Bonchev–Trinajstić information content (AvgIpc) is 3.08. The molecule has 3 rings (SSSR count). The Labute approximate surface area is 202 Å². The predicted octanol–water partition coefficient (Wildman–Crippen LogP) is 4.23. The van der Waals surface area contributed by atoms with Gasteiger partial charge in [0.1, 0.15) is 12.0 Å². The highest BCUT2D eigenvalue weighted by atomic mass is 35.5. The fraction of sp³-hybridized carbons (Fsp3) is 0.250. The minimum Gasteiger partial charge on any atom is -0.277 e. The maximum atomic E-state index is 13.2. The number of amides is 1. The molecule has 0 unspecified atom stereocenters. The van der Waals surface area contributed by atoms with Gasteiger partial charge in [-0.2, -0.15) is 35.7 Å². The minimum absolute atomic E-state index is 0.0503. The van der Waals surface area contributed by atoms with Gasteiger partial charge >= 0.3 is 21.2 Å². The van der Waals surface area contributed by atoms with Crippen molar-refractivity contribution in [3.63, 3.8) is 0 Å². The summed E-state index contributed by atoms with van der Waals surface area (Å²) in [5.41, 5.74) is -6.12. The number of rotatable bonds is 6. The van der Waals surface area contributed by atoms with Crippen LogP contribution in [0, 0.1) is 5.92 Å². The van der Waals surface area contributed by atoms with E-state index < -0.39 is 38.7 Å². The molecule has 0 atom stereocenters. The maximum absolute atomic E-state index is 13.2. The molecular formula is C20H17Cl2F3N4O4S. The second-order valence-corrected chi connectivity index (χ2v) is 9.99. The molecule has 1 heterocycles. The van der Waals surface area contributed by atoms with Crippen LogP contribution in [-0.4, -0.2) is 34.2 Å². The lowest BCUT2D eigenvalue weighted by Crippen LogP contribution is -2.46. The molecule has 0 aliphatic heterocycles. The smallest absolute Gasteiger partial charge is 0.277 e. The summed E-state index contributed by atoms with van der Waals surface area (Å²) in [6.07, 6.45) is 1.22. The number of hydrogen-bond donors (Lipinski definition) is 0. The Balaban J connectivity index is 1.94. The summed E-state index contributed by atoms with van der Waals surface area (Å²) in [6, 6.07) is 9.38. The van der Waals surface area contributed by atoms with Gasteiger partial charge in [-0.25, -0.2) is 4.79 Å². The number of sulfonamides is 1. The van der Waals surface area contributed by atoms with Gasteiger partial charge in [-0.1, -0.05) is 55.2 Å². The van der Waals surface area contributed by atoms with Crippen molar-refractivity contribution in [3.8, 4) is 5.69 Å². The van der Waals surface area contributed by atoms with E-state index in [1.165, 1.54) is 49.0 Å². The number of nitrogens with zero attached hydrogens (tertiary/aromatic N) is 4. The van der Waals surface area contributed by atoms with Crippen LogP contribution in [0.25, 0.3) is 5.69 Å². The van der Waals surface area contributed by atoms with Crippen LogP contribution in [0.1, 0.15) is 19.4 Å². The third-order valence-electron chi connectivity index (χ3n) is 4.63. The van der Waals surface area contributed by atoms with E-state index >= 15 is 0 Å². The number of aromatic nitrogens is 3.